The molecule has 0 heterocycles. The van der Waals surface area contributed by atoms with Crippen molar-refractivity contribution in [2.75, 3.05) is 6.54 Å². The van der Waals surface area contributed by atoms with Crippen LogP contribution < -0.4 is 5.32 Å². The molecule has 98 valence electrons. The molecule has 0 spiro atoms. The fraction of sp³-hybridized carbons (Fsp3) is 0.385. The van der Waals surface area contributed by atoms with Gasteiger partial charge in [-0.15, -0.1) is 0 Å². The first-order chi connectivity index (χ1) is 8.50. The van der Waals surface area contributed by atoms with Gasteiger partial charge < -0.3 is 15.5 Å². The lowest BCUT2D eigenvalue weighted by molar-refractivity contribution is -0.120. The first-order valence-corrected chi connectivity index (χ1v) is 5.76. The third-order valence-electron chi connectivity index (χ3n) is 2.48. The van der Waals surface area contributed by atoms with Gasteiger partial charge in [-0.05, 0) is 25.0 Å². The summed E-state index contributed by atoms with van der Waals surface area (Å²) in [5.74, 6) is -1.29. The van der Waals surface area contributed by atoms with Crippen LogP contribution in [0.3, 0.4) is 0 Å². The number of carboxylic acids is 1. The Hall–Kier alpha value is -1.88. The van der Waals surface area contributed by atoms with Crippen LogP contribution in [0, 0.1) is 0 Å². The summed E-state index contributed by atoms with van der Waals surface area (Å²) in [4.78, 5) is 22.5. The largest absolute Gasteiger partial charge is 0.478 e. The number of benzene rings is 1. The number of hydrogen-bond donors (Lipinski definition) is 3. The number of aliphatic hydroxyl groups is 1. The highest BCUT2D eigenvalue weighted by molar-refractivity contribution is 5.91. The van der Waals surface area contributed by atoms with Crippen molar-refractivity contribution < 1.29 is 19.8 Å². The fourth-order valence-corrected chi connectivity index (χ4v) is 1.54. The number of rotatable bonds is 6. The third-order valence-corrected chi connectivity index (χ3v) is 2.48. The summed E-state index contributed by atoms with van der Waals surface area (Å²) in [6.07, 6.45) is 0.0471. The molecule has 5 heteroatoms. The van der Waals surface area contributed by atoms with Gasteiger partial charge >= 0.3 is 5.97 Å². The highest BCUT2D eigenvalue weighted by atomic mass is 16.4. The zero-order valence-corrected chi connectivity index (χ0v) is 10.2. The van der Waals surface area contributed by atoms with Gasteiger partial charge in [0.25, 0.3) is 0 Å². The molecular formula is C13H17NO4. The van der Waals surface area contributed by atoms with Gasteiger partial charge in [0.05, 0.1) is 18.1 Å². The molecule has 0 saturated carbocycles. The highest BCUT2D eigenvalue weighted by Gasteiger charge is 2.12. The van der Waals surface area contributed by atoms with Crippen molar-refractivity contribution in [3.05, 3.63) is 35.4 Å². The number of amides is 1. The van der Waals surface area contributed by atoms with Gasteiger partial charge in [0, 0.05) is 6.54 Å². The summed E-state index contributed by atoms with van der Waals surface area (Å²) < 4.78 is 0. The van der Waals surface area contributed by atoms with Gasteiger partial charge in [-0.25, -0.2) is 4.79 Å². The molecule has 5 nitrogen and oxygen atoms in total. The molecule has 18 heavy (non-hydrogen) atoms. The summed E-state index contributed by atoms with van der Waals surface area (Å²) >= 11 is 0. The van der Waals surface area contributed by atoms with E-state index in [9.17, 15) is 9.59 Å². The Bertz CT molecular complexity index is 429. The first-order valence-electron chi connectivity index (χ1n) is 5.76. The molecule has 1 unspecified atom stereocenters. The van der Waals surface area contributed by atoms with Crippen LogP contribution >= 0.6 is 0 Å². The molecule has 0 aliphatic carbocycles. The lowest BCUT2D eigenvalue weighted by Crippen LogP contribution is -2.28. The zero-order valence-electron chi connectivity index (χ0n) is 10.2. The van der Waals surface area contributed by atoms with Crippen LogP contribution in [0.2, 0.25) is 0 Å². The van der Waals surface area contributed by atoms with E-state index in [2.05, 4.69) is 5.32 Å². The van der Waals surface area contributed by atoms with Crippen LogP contribution in [0.15, 0.2) is 24.3 Å². The third kappa shape index (κ3) is 4.55. The lowest BCUT2D eigenvalue weighted by atomic mass is 10.0. The van der Waals surface area contributed by atoms with E-state index >= 15 is 0 Å². The predicted octanol–water partition coefficient (Wildman–Crippen LogP) is 0.814. The Kier molecular flexibility index (Phi) is 5.32. The van der Waals surface area contributed by atoms with Gasteiger partial charge in [-0.2, -0.15) is 0 Å². The first kappa shape index (κ1) is 14.2. The molecule has 0 aromatic heterocycles. The van der Waals surface area contributed by atoms with Crippen molar-refractivity contribution in [2.45, 2.75) is 25.9 Å². The molecule has 0 aliphatic rings. The standard InChI is InChI=1S/C13H17NO4/c1-9(15)6-7-14-12(16)8-10-4-2-3-5-11(10)13(17)18/h2-5,9,15H,6-8H2,1H3,(H,14,16)(H,17,18). The van der Waals surface area contributed by atoms with E-state index in [4.69, 9.17) is 10.2 Å². The van der Waals surface area contributed by atoms with Gasteiger partial charge in [-0.3, -0.25) is 4.79 Å². The second kappa shape index (κ2) is 6.76. The molecule has 1 aromatic carbocycles. The number of carbonyl (C=O) groups is 2. The number of carboxylic acid groups (broad SMARTS) is 1. The quantitative estimate of drug-likeness (QED) is 0.698. The van der Waals surface area contributed by atoms with E-state index in [1.807, 2.05) is 0 Å². The molecule has 1 aromatic rings. The van der Waals surface area contributed by atoms with E-state index in [0.717, 1.165) is 0 Å². The Morgan fingerprint density at radius 3 is 2.61 bits per heavy atom. The van der Waals surface area contributed by atoms with Crippen molar-refractivity contribution in [2.24, 2.45) is 0 Å². The molecule has 0 bridgehead atoms. The molecule has 1 amide bonds. The number of aliphatic hydroxyl groups excluding tert-OH is 1. The van der Waals surface area contributed by atoms with Gasteiger partial charge in [0.1, 0.15) is 0 Å². The van der Waals surface area contributed by atoms with Gasteiger partial charge in [0.2, 0.25) is 5.91 Å². The maximum atomic E-state index is 11.6. The number of nitrogens with one attached hydrogen (secondary N) is 1. The Labute approximate surface area is 105 Å². The van der Waals surface area contributed by atoms with Crippen LogP contribution in [-0.4, -0.2) is 34.7 Å². The number of carbonyl (C=O) groups excluding carboxylic acids is 1. The molecule has 0 fully saturated rings. The zero-order chi connectivity index (χ0) is 13.5. The van der Waals surface area contributed by atoms with Crippen LogP contribution in [0.1, 0.15) is 29.3 Å². The van der Waals surface area contributed by atoms with Gasteiger partial charge in [-0.1, -0.05) is 18.2 Å². The van der Waals surface area contributed by atoms with E-state index in [1.54, 1.807) is 25.1 Å². The minimum atomic E-state index is -1.04. The minimum Gasteiger partial charge on any atom is -0.478 e. The molecule has 0 aliphatic heterocycles. The maximum absolute atomic E-state index is 11.6. The average Bonchev–Trinajstić information content (AvgIpc) is 2.28. The van der Waals surface area contributed by atoms with Crippen molar-refractivity contribution in [3.63, 3.8) is 0 Å². The summed E-state index contributed by atoms with van der Waals surface area (Å²) in [5.41, 5.74) is 0.628. The summed E-state index contributed by atoms with van der Waals surface area (Å²) in [5, 5.41) is 20.6. The monoisotopic (exact) mass is 251 g/mol. The van der Waals surface area contributed by atoms with Crippen molar-refractivity contribution in [1.82, 2.24) is 5.32 Å². The second-order valence-corrected chi connectivity index (χ2v) is 4.13. The van der Waals surface area contributed by atoms with Crippen molar-refractivity contribution in [3.8, 4) is 0 Å². The highest BCUT2D eigenvalue weighted by Crippen LogP contribution is 2.09. The summed E-state index contributed by atoms with van der Waals surface area (Å²) in [6.45, 7) is 2.03. The number of aromatic carboxylic acids is 1. The Balaban J connectivity index is 2.56. The molecular weight excluding hydrogens is 234 g/mol. The lowest BCUT2D eigenvalue weighted by Gasteiger charge is -2.08. The van der Waals surface area contributed by atoms with Crippen LogP contribution in [0.5, 0.6) is 0 Å². The molecule has 0 saturated heterocycles. The summed E-state index contributed by atoms with van der Waals surface area (Å²) in [6, 6.07) is 6.42. The Morgan fingerprint density at radius 1 is 1.33 bits per heavy atom. The SMILES string of the molecule is CC(O)CCNC(=O)Cc1ccccc1C(=O)O. The Morgan fingerprint density at radius 2 is 2.00 bits per heavy atom. The average molecular weight is 251 g/mol. The fourth-order valence-electron chi connectivity index (χ4n) is 1.54. The van der Waals surface area contributed by atoms with Crippen molar-refractivity contribution >= 4 is 11.9 Å². The molecule has 1 atom stereocenters. The van der Waals surface area contributed by atoms with Gasteiger partial charge in [0.15, 0.2) is 0 Å². The normalized spacial score (nSPS) is 11.9. The van der Waals surface area contributed by atoms with E-state index in [1.165, 1.54) is 6.07 Å². The topological polar surface area (TPSA) is 86.6 Å². The molecule has 1 rings (SSSR count). The van der Waals surface area contributed by atoms with E-state index in [0.29, 0.717) is 18.5 Å². The van der Waals surface area contributed by atoms with E-state index < -0.39 is 12.1 Å². The predicted molar refractivity (Wildman–Crippen MR) is 66.4 cm³/mol. The van der Waals surface area contributed by atoms with Crippen LogP contribution in [0.25, 0.3) is 0 Å². The summed E-state index contributed by atoms with van der Waals surface area (Å²) in [7, 11) is 0. The second-order valence-electron chi connectivity index (χ2n) is 4.13. The molecule has 0 radical (unpaired) electrons. The minimum absolute atomic E-state index is 0.0300. The smallest absolute Gasteiger partial charge is 0.335 e. The van der Waals surface area contributed by atoms with Crippen LogP contribution in [-0.2, 0) is 11.2 Å². The van der Waals surface area contributed by atoms with Crippen molar-refractivity contribution in [1.29, 1.82) is 0 Å². The van der Waals surface area contributed by atoms with E-state index in [-0.39, 0.29) is 17.9 Å². The molecule has 3 N–H and O–H groups in total. The van der Waals surface area contributed by atoms with Crippen LogP contribution in [0.4, 0.5) is 0 Å². The number of hydrogen-bond acceptors (Lipinski definition) is 3. The maximum Gasteiger partial charge on any atom is 0.335 e.